The molecular weight excluding hydrogens is 252 g/mol. The van der Waals surface area contributed by atoms with E-state index in [1.54, 1.807) is 4.68 Å². The number of rotatable bonds is 5. The Morgan fingerprint density at radius 3 is 2.89 bits per heavy atom. The zero-order chi connectivity index (χ0) is 12.6. The van der Waals surface area contributed by atoms with Crippen LogP contribution in [0.2, 0.25) is 0 Å². The molecule has 2 aliphatic rings. The van der Waals surface area contributed by atoms with Gasteiger partial charge in [-0.3, -0.25) is 0 Å². The Labute approximate surface area is 107 Å². The lowest BCUT2D eigenvalue weighted by Gasteiger charge is -2.05. The van der Waals surface area contributed by atoms with Crippen LogP contribution in [0.3, 0.4) is 0 Å². The first-order valence-electron chi connectivity index (χ1n) is 6.44. The van der Waals surface area contributed by atoms with Crippen molar-refractivity contribution in [3.63, 3.8) is 0 Å². The monoisotopic (exact) mass is 270 g/mol. The van der Waals surface area contributed by atoms with Crippen LogP contribution < -0.4 is 5.32 Å². The average molecular weight is 270 g/mol. The van der Waals surface area contributed by atoms with Gasteiger partial charge in [0.15, 0.2) is 9.84 Å². The summed E-state index contributed by atoms with van der Waals surface area (Å²) < 4.78 is 24.5. The highest BCUT2D eigenvalue weighted by Crippen LogP contribution is 2.27. The molecule has 0 aromatic carbocycles. The SMILES string of the molecule is O=S1(=O)CCC(n2cc(CNCC3CC3)nn2)C1. The van der Waals surface area contributed by atoms with Gasteiger partial charge in [-0.1, -0.05) is 5.21 Å². The molecule has 18 heavy (non-hydrogen) atoms. The normalized spacial score (nSPS) is 26.6. The summed E-state index contributed by atoms with van der Waals surface area (Å²) in [6, 6.07) is -0.0281. The van der Waals surface area contributed by atoms with Crippen molar-refractivity contribution in [3.8, 4) is 0 Å². The van der Waals surface area contributed by atoms with Crippen LogP contribution in [0, 0.1) is 5.92 Å². The lowest BCUT2D eigenvalue weighted by molar-refractivity contribution is 0.484. The van der Waals surface area contributed by atoms with E-state index in [0.717, 1.165) is 24.7 Å². The van der Waals surface area contributed by atoms with E-state index in [4.69, 9.17) is 0 Å². The highest BCUT2D eigenvalue weighted by atomic mass is 32.2. The molecule has 1 aromatic rings. The Balaban J connectivity index is 1.55. The van der Waals surface area contributed by atoms with Gasteiger partial charge in [0.05, 0.1) is 29.4 Å². The third-order valence-corrected chi connectivity index (χ3v) is 5.33. The second-order valence-corrected chi connectivity index (χ2v) is 7.55. The summed E-state index contributed by atoms with van der Waals surface area (Å²) in [6.07, 6.45) is 5.19. The fraction of sp³-hybridized carbons (Fsp3) is 0.818. The van der Waals surface area contributed by atoms with E-state index in [0.29, 0.717) is 6.42 Å². The molecule has 1 saturated carbocycles. The summed E-state index contributed by atoms with van der Waals surface area (Å²) in [5.41, 5.74) is 0.889. The number of sulfone groups is 1. The molecule has 0 amide bonds. The van der Waals surface area contributed by atoms with Crippen molar-refractivity contribution < 1.29 is 8.42 Å². The zero-order valence-electron chi connectivity index (χ0n) is 10.2. The van der Waals surface area contributed by atoms with E-state index in [1.807, 2.05) is 6.20 Å². The van der Waals surface area contributed by atoms with Crippen molar-refractivity contribution in [1.29, 1.82) is 0 Å². The van der Waals surface area contributed by atoms with Gasteiger partial charge in [0.2, 0.25) is 0 Å². The lowest BCUT2D eigenvalue weighted by Crippen LogP contribution is -2.16. The van der Waals surface area contributed by atoms with E-state index in [1.165, 1.54) is 12.8 Å². The van der Waals surface area contributed by atoms with E-state index in [9.17, 15) is 8.42 Å². The molecule has 6 nitrogen and oxygen atoms in total. The summed E-state index contributed by atoms with van der Waals surface area (Å²) in [5, 5.41) is 11.5. The first-order valence-corrected chi connectivity index (χ1v) is 8.26. The van der Waals surface area contributed by atoms with Crippen molar-refractivity contribution in [2.75, 3.05) is 18.1 Å². The third-order valence-electron chi connectivity index (χ3n) is 3.58. The Kier molecular flexibility index (Phi) is 3.11. The zero-order valence-corrected chi connectivity index (χ0v) is 11.1. The van der Waals surface area contributed by atoms with Crippen LogP contribution in [-0.4, -0.2) is 41.5 Å². The molecule has 0 bridgehead atoms. The van der Waals surface area contributed by atoms with Crippen molar-refractivity contribution >= 4 is 9.84 Å². The molecule has 1 aliphatic heterocycles. The quantitative estimate of drug-likeness (QED) is 0.823. The van der Waals surface area contributed by atoms with Crippen LogP contribution in [0.1, 0.15) is 31.0 Å². The molecule has 3 rings (SSSR count). The van der Waals surface area contributed by atoms with Crippen molar-refractivity contribution in [3.05, 3.63) is 11.9 Å². The summed E-state index contributed by atoms with van der Waals surface area (Å²) in [7, 11) is -2.86. The number of nitrogens with zero attached hydrogens (tertiary/aromatic N) is 3. The van der Waals surface area contributed by atoms with Gasteiger partial charge in [-0.25, -0.2) is 13.1 Å². The van der Waals surface area contributed by atoms with Crippen molar-refractivity contribution in [2.45, 2.75) is 31.8 Å². The van der Waals surface area contributed by atoms with Gasteiger partial charge >= 0.3 is 0 Å². The maximum Gasteiger partial charge on any atom is 0.152 e. The minimum absolute atomic E-state index is 0.0281. The summed E-state index contributed by atoms with van der Waals surface area (Å²) >= 11 is 0. The summed E-state index contributed by atoms with van der Waals surface area (Å²) in [4.78, 5) is 0. The highest BCUT2D eigenvalue weighted by Gasteiger charge is 2.30. The first-order chi connectivity index (χ1) is 8.62. The molecule has 0 spiro atoms. The highest BCUT2D eigenvalue weighted by molar-refractivity contribution is 7.91. The molecular formula is C11H18N4O2S. The fourth-order valence-corrected chi connectivity index (χ4v) is 3.99. The van der Waals surface area contributed by atoms with Crippen LogP contribution in [0.4, 0.5) is 0 Å². The van der Waals surface area contributed by atoms with Gasteiger partial charge in [-0.05, 0) is 31.7 Å². The van der Waals surface area contributed by atoms with Gasteiger partial charge in [0, 0.05) is 6.54 Å². The second kappa shape index (κ2) is 4.62. The maximum atomic E-state index is 11.4. The molecule has 1 unspecified atom stereocenters. The third kappa shape index (κ3) is 2.89. The van der Waals surface area contributed by atoms with E-state index in [2.05, 4.69) is 15.6 Å². The van der Waals surface area contributed by atoms with E-state index < -0.39 is 9.84 Å². The van der Waals surface area contributed by atoms with Gasteiger partial charge in [0.25, 0.3) is 0 Å². The molecule has 2 fully saturated rings. The van der Waals surface area contributed by atoms with Gasteiger partial charge in [0.1, 0.15) is 0 Å². The smallest absolute Gasteiger partial charge is 0.152 e. The molecule has 100 valence electrons. The minimum Gasteiger partial charge on any atom is -0.311 e. The number of aromatic nitrogens is 3. The number of nitrogens with one attached hydrogen (secondary N) is 1. The molecule has 7 heteroatoms. The molecule has 1 aliphatic carbocycles. The Bertz CT molecular complexity index is 521. The second-order valence-electron chi connectivity index (χ2n) is 5.32. The predicted molar refractivity (Wildman–Crippen MR) is 66.8 cm³/mol. The topological polar surface area (TPSA) is 76.9 Å². The van der Waals surface area contributed by atoms with Crippen molar-refractivity contribution in [2.24, 2.45) is 5.92 Å². The Morgan fingerprint density at radius 1 is 1.39 bits per heavy atom. The Morgan fingerprint density at radius 2 is 2.22 bits per heavy atom. The summed E-state index contributed by atoms with van der Waals surface area (Å²) in [6.45, 7) is 1.76. The molecule has 1 aromatic heterocycles. The van der Waals surface area contributed by atoms with Crippen LogP contribution >= 0.6 is 0 Å². The standard InChI is InChI=1S/C11H18N4O2S/c16-18(17)4-3-11(8-18)15-7-10(13-14-15)6-12-5-9-1-2-9/h7,9,11-12H,1-6,8H2. The minimum atomic E-state index is -2.86. The van der Waals surface area contributed by atoms with Crippen LogP contribution in [0.15, 0.2) is 6.20 Å². The Hall–Kier alpha value is -0.950. The van der Waals surface area contributed by atoms with Crippen LogP contribution in [-0.2, 0) is 16.4 Å². The lowest BCUT2D eigenvalue weighted by atomic mass is 10.3. The molecule has 1 atom stereocenters. The molecule has 1 saturated heterocycles. The molecule has 2 heterocycles. The number of hydrogen-bond acceptors (Lipinski definition) is 5. The number of hydrogen-bond donors (Lipinski definition) is 1. The molecule has 1 N–H and O–H groups in total. The van der Waals surface area contributed by atoms with E-state index in [-0.39, 0.29) is 17.5 Å². The fourth-order valence-electron chi connectivity index (χ4n) is 2.28. The maximum absolute atomic E-state index is 11.4. The van der Waals surface area contributed by atoms with Crippen LogP contribution in [0.25, 0.3) is 0 Å². The van der Waals surface area contributed by atoms with Gasteiger partial charge < -0.3 is 5.32 Å². The molecule has 0 radical (unpaired) electrons. The van der Waals surface area contributed by atoms with Crippen LogP contribution in [0.5, 0.6) is 0 Å². The predicted octanol–water partition coefficient (Wildman–Crippen LogP) is 0.137. The van der Waals surface area contributed by atoms with Gasteiger partial charge in [-0.15, -0.1) is 5.10 Å². The summed E-state index contributed by atoms with van der Waals surface area (Å²) in [5.74, 6) is 1.32. The average Bonchev–Trinajstić information content (AvgIpc) is 2.88. The van der Waals surface area contributed by atoms with E-state index >= 15 is 0 Å². The largest absolute Gasteiger partial charge is 0.311 e. The van der Waals surface area contributed by atoms with Crippen molar-refractivity contribution in [1.82, 2.24) is 20.3 Å². The van der Waals surface area contributed by atoms with Gasteiger partial charge in [-0.2, -0.15) is 0 Å². The first kappa shape index (κ1) is 12.1.